The highest BCUT2D eigenvalue weighted by atomic mass is 35.5. The summed E-state index contributed by atoms with van der Waals surface area (Å²) in [6.07, 6.45) is 0. The van der Waals surface area contributed by atoms with E-state index in [0.717, 1.165) is 24.5 Å². The minimum absolute atomic E-state index is 0.189. The molecule has 2 aromatic carbocycles. The fraction of sp³-hybridized carbons (Fsp3) is 0.375. The number of carbonyl (C=O) groups is 2. The Morgan fingerprint density at radius 1 is 1.03 bits per heavy atom. The Morgan fingerprint density at radius 3 is 2.21 bits per heavy atom. The van der Waals surface area contributed by atoms with Gasteiger partial charge in [0.2, 0.25) is 5.91 Å². The third-order valence-electron chi connectivity index (χ3n) is 5.34. The van der Waals surface area contributed by atoms with Gasteiger partial charge < -0.3 is 19.9 Å². The molecule has 1 aliphatic heterocycles. The average molecular weight is 489 g/mol. The molecule has 0 spiro atoms. The lowest BCUT2D eigenvalue weighted by atomic mass is 9.94. The molecular weight excluding hydrogens is 460 g/mol. The maximum absolute atomic E-state index is 12.5. The molecule has 1 heterocycles. The molecule has 0 saturated carbocycles. The van der Waals surface area contributed by atoms with E-state index in [2.05, 4.69) is 15.5 Å². The maximum atomic E-state index is 12.5. The summed E-state index contributed by atoms with van der Waals surface area (Å²) in [5, 5.41) is 6.21. The van der Waals surface area contributed by atoms with E-state index in [4.69, 9.17) is 28.6 Å². The number of hydrogen-bond acceptors (Lipinski definition) is 5. The van der Waals surface area contributed by atoms with Gasteiger partial charge in [-0.15, -0.1) is 0 Å². The van der Waals surface area contributed by atoms with Crippen molar-refractivity contribution in [3.05, 3.63) is 53.1 Å². The van der Waals surface area contributed by atoms with E-state index >= 15 is 0 Å². The Morgan fingerprint density at radius 2 is 1.67 bits per heavy atom. The van der Waals surface area contributed by atoms with Crippen molar-refractivity contribution in [2.24, 2.45) is 5.41 Å². The standard InChI is InChI=1S/C24H29ClN4O3S/c1-24(2,3)22(31)29-13-11-28(12-14-29)18-8-6-17(7-9-18)26-23(33)27-21(30)16-5-10-20(32-4)19(25)15-16/h5-10,15H,11-14H2,1-4H3,(H2,26,27,30,33). The molecule has 2 N–H and O–H groups in total. The van der Waals surface area contributed by atoms with Crippen molar-refractivity contribution in [2.75, 3.05) is 43.5 Å². The fourth-order valence-electron chi connectivity index (χ4n) is 3.54. The molecule has 0 atom stereocenters. The molecule has 1 fully saturated rings. The van der Waals surface area contributed by atoms with Gasteiger partial charge in [-0.25, -0.2) is 0 Å². The Labute approximate surface area is 205 Å². The Kier molecular flexibility index (Phi) is 7.81. The Hall–Kier alpha value is -2.84. The largest absolute Gasteiger partial charge is 0.495 e. The van der Waals surface area contributed by atoms with Crippen LogP contribution >= 0.6 is 23.8 Å². The predicted octanol–water partition coefficient (Wildman–Crippen LogP) is 4.17. The lowest BCUT2D eigenvalue weighted by Crippen LogP contribution is -2.51. The number of halogens is 1. The number of ether oxygens (including phenoxy) is 1. The number of benzene rings is 2. The summed E-state index contributed by atoms with van der Waals surface area (Å²) >= 11 is 11.4. The number of anilines is 2. The summed E-state index contributed by atoms with van der Waals surface area (Å²) in [5.74, 6) is 0.321. The van der Waals surface area contributed by atoms with Crippen molar-refractivity contribution in [1.82, 2.24) is 10.2 Å². The Balaban J connectivity index is 1.52. The highest BCUT2D eigenvalue weighted by Crippen LogP contribution is 2.25. The number of hydrogen-bond donors (Lipinski definition) is 2. The van der Waals surface area contributed by atoms with Crippen molar-refractivity contribution in [3.8, 4) is 5.75 Å². The first-order chi connectivity index (χ1) is 15.6. The molecule has 176 valence electrons. The molecule has 2 aromatic rings. The second-order valence-corrected chi connectivity index (χ2v) is 9.65. The number of piperazine rings is 1. The zero-order valence-corrected chi connectivity index (χ0v) is 20.8. The molecule has 0 unspecified atom stereocenters. The number of thiocarbonyl (C=S) groups is 1. The van der Waals surface area contributed by atoms with Gasteiger partial charge in [0, 0.05) is 48.5 Å². The summed E-state index contributed by atoms with van der Waals surface area (Å²) in [7, 11) is 1.51. The van der Waals surface area contributed by atoms with Crippen LogP contribution in [-0.2, 0) is 4.79 Å². The van der Waals surface area contributed by atoms with Gasteiger partial charge in [-0.2, -0.15) is 0 Å². The molecule has 0 aliphatic carbocycles. The van der Waals surface area contributed by atoms with Crippen LogP contribution in [0.15, 0.2) is 42.5 Å². The van der Waals surface area contributed by atoms with Gasteiger partial charge in [0.15, 0.2) is 5.11 Å². The van der Waals surface area contributed by atoms with Crippen LogP contribution in [0.5, 0.6) is 5.75 Å². The third kappa shape index (κ3) is 6.36. The summed E-state index contributed by atoms with van der Waals surface area (Å²) in [5.41, 5.74) is 1.86. The minimum atomic E-state index is -0.364. The first kappa shape index (κ1) is 24.8. The lowest BCUT2D eigenvalue weighted by molar-refractivity contribution is -0.139. The Bertz CT molecular complexity index is 1030. The van der Waals surface area contributed by atoms with Gasteiger partial charge in [-0.3, -0.25) is 14.9 Å². The van der Waals surface area contributed by atoms with Gasteiger partial charge >= 0.3 is 0 Å². The molecule has 1 saturated heterocycles. The molecule has 0 aromatic heterocycles. The van der Waals surface area contributed by atoms with E-state index in [-0.39, 0.29) is 22.3 Å². The minimum Gasteiger partial charge on any atom is -0.495 e. The molecule has 0 radical (unpaired) electrons. The quantitative estimate of drug-likeness (QED) is 0.629. The fourth-order valence-corrected chi connectivity index (χ4v) is 4.01. The molecular formula is C24H29ClN4O3S. The second-order valence-electron chi connectivity index (χ2n) is 8.83. The number of nitrogens with one attached hydrogen (secondary N) is 2. The second kappa shape index (κ2) is 10.4. The molecule has 7 nitrogen and oxygen atoms in total. The highest BCUT2D eigenvalue weighted by Gasteiger charge is 2.29. The van der Waals surface area contributed by atoms with Gasteiger partial charge in [0.1, 0.15) is 5.75 Å². The monoisotopic (exact) mass is 488 g/mol. The molecule has 9 heteroatoms. The molecule has 0 bridgehead atoms. The zero-order chi connectivity index (χ0) is 24.2. The average Bonchev–Trinajstić information content (AvgIpc) is 2.78. The van der Waals surface area contributed by atoms with Crippen molar-refractivity contribution < 1.29 is 14.3 Å². The zero-order valence-electron chi connectivity index (χ0n) is 19.3. The third-order valence-corrected chi connectivity index (χ3v) is 5.84. The van der Waals surface area contributed by atoms with E-state index < -0.39 is 0 Å². The maximum Gasteiger partial charge on any atom is 0.257 e. The van der Waals surface area contributed by atoms with Crippen molar-refractivity contribution in [3.63, 3.8) is 0 Å². The van der Waals surface area contributed by atoms with Gasteiger partial charge in [0.05, 0.1) is 12.1 Å². The number of amides is 2. The van der Waals surface area contributed by atoms with Crippen LogP contribution in [0, 0.1) is 5.41 Å². The van der Waals surface area contributed by atoms with Crippen LogP contribution in [-0.4, -0.2) is 55.1 Å². The van der Waals surface area contributed by atoms with E-state index in [1.54, 1.807) is 12.1 Å². The van der Waals surface area contributed by atoms with Crippen LogP contribution in [0.4, 0.5) is 11.4 Å². The van der Waals surface area contributed by atoms with Gasteiger partial charge in [0.25, 0.3) is 5.91 Å². The van der Waals surface area contributed by atoms with Crippen molar-refractivity contribution in [1.29, 1.82) is 0 Å². The van der Waals surface area contributed by atoms with Crippen LogP contribution < -0.4 is 20.3 Å². The van der Waals surface area contributed by atoms with E-state index in [0.29, 0.717) is 29.4 Å². The normalized spacial score (nSPS) is 14.0. The SMILES string of the molecule is COc1ccc(C(=O)NC(=S)Nc2ccc(N3CCN(C(=O)C(C)(C)C)CC3)cc2)cc1Cl. The van der Waals surface area contributed by atoms with Gasteiger partial charge in [-0.05, 0) is 54.7 Å². The smallest absolute Gasteiger partial charge is 0.257 e. The van der Waals surface area contributed by atoms with E-state index in [9.17, 15) is 9.59 Å². The molecule has 1 aliphatic rings. The number of rotatable bonds is 4. The summed E-state index contributed by atoms with van der Waals surface area (Å²) in [6.45, 7) is 8.84. The van der Waals surface area contributed by atoms with Gasteiger partial charge in [-0.1, -0.05) is 32.4 Å². The molecule has 3 rings (SSSR count). The predicted molar refractivity (Wildman–Crippen MR) is 136 cm³/mol. The topological polar surface area (TPSA) is 73.9 Å². The number of methoxy groups -OCH3 is 1. The first-order valence-corrected chi connectivity index (χ1v) is 11.5. The summed E-state index contributed by atoms with van der Waals surface area (Å²) in [4.78, 5) is 29.1. The summed E-state index contributed by atoms with van der Waals surface area (Å²) in [6, 6.07) is 12.6. The molecule has 2 amide bonds. The highest BCUT2D eigenvalue weighted by molar-refractivity contribution is 7.80. The van der Waals surface area contributed by atoms with E-state index in [1.165, 1.54) is 13.2 Å². The number of carbonyl (C=O) groups excluding carboxylic acids is 2. The molecule has 33 heavy (non-hydrogen) atoms. The van der Waals surface area contributed by atoms with Crippen LogP contribution in [0.2, 0.25) is 5.02 Å². The summed E-state index contributed by atoms with van der Waals surface area (Å²) < 4.78 is 5.10. The first-order valence-electron chi connectivity index (χ1n) is 10.7. The van der Waals surface area contributed by atoms with Crippen molar-refractivity contribution >= 4 is 52.1 Å². The van der Waals surface area contributed by atoms with Crippen LogP contribution in [0.25, 0.3) is 0 Å². The van der Waals surface area contributed by atoms with Crippen LogP contribution in [0.3, 0.4) is 0 Å². The van der Waals surface area contributed by atoms with Crippen LogP contribution in [0.1, 0.15) is 31.1 Å². The van der Waals surface area contributed by atoms with E-state index in [1.807, 2.05) is 49.9 Å². The number of nitrogens with zero attached hydrogens (tertiary/aromatic N) is 2. The lowest BCUT2D eigenvalue weighted by Gasteiger charge is -2.38. The van der Waals surface area contributed by atoms with Crippen molar-refractivity contribution in [2.45, 2.75) is 20.8 Å².